The van der Waals surface area contributed by atoms with Crippen LogP contribution in [0, 0.1) is 0 Å². The summed E-state index contributed by atoms with van der Waals surface area (Å²) in [6.07, 6.45) is 4.41. The van der Waals surface area contributed by atoms with Crippen LogP contribution in [0.1, 0.15) is 30.6 Å². The topological polar surface area (TPSA) is 188 Å². The first-order valence-electron chi connectivity index (χ1n) is 11.9. The van der Waals surface area contributed by atoms with Crippen LogP contribution in [-0.2, 0) is 9.53 Å². The second kappa shape index (κ2) is 13.9. The summed E-state index contributed by atoms with van der Waals surface area (Å²) in [5, 5.41) is 16.0. The van der Waals surface area contributed by atoms with Gasteiger partial charge in [-0.25, -0.2) is 14.6 Å². The fourth-order valence-corrected chi connectivity index (χ4v) is 3.11. The number of hydrogen-bond acceptors (Lipinski definition) is 9. The van der Waals surface area contributed by atoms with E-state index in [0.717, 1.165) is 6.42 Å². The predicted octanol–water partition coefficient (Wildman–Crippen LogP) is 3.27. The van der Waals surface area contributed by atoms with E-state index in [9.17, 15) is 19.2 Å². The van der Waals surface area contributed by atoms with Gasteiger partial charge in [-0.1, -0.05) is 13.0 Å². The molecule has 0 bridgehead atoms. The number of hydrogen-bond donors (Lipinski definition) is 6. The Morgan fingerprint density at radius 1 is 0.949 bits per heavy atom. The van der Waals surface area contributed by atoms with E-state index < -0.39 is 30.0 Å². The van der Waals surface area contributed by atoms with Gasteiger partial charge in [-0.3, -0.25) is 19.9 Å². The van der Waals surface area contributed by atoms with Gasteiger partial charge in [0.1, 0.15) is 17.4 Å². The van der Waals surface area contributed by atoms with Gasteiger partial charge in [0.2, 0.25) is 11.9 Å². The summed E-state index contributed by atoms with van der Waals surface area (Å²) >= 11 is 0. The maximum atomic E-state index is 13.1. The van der Waals surface area contributed by atoms with Gasteiger partial charge in [0.15, 0.2) is 0 Å². The van der Waals surface area contributed by atoms with Gasteiger partial charge in [-0.15, -0.1) is 0 Å². The Morgan fingerprint density at radius 3 is 2.36 bits per heavy atom. The first kappa shape index (κ1) is 28.3. The largest absolute Gasteiger partial charge is 0.453 e. The van der Waals surface area contributed by atoms with E-state index >= 15 is 0 Å². The van der Waals surface area contributed by atoms with Crippen molar-refractivity contribution in [1.29, 1.82) is 0 Å². The number of methoxy groups -OCH3 is 1. The highest BCUT2D eigenvalue weighted by atomic mass is 16.5. The molecule has 14 heteroatoms. The predicted molar refractivity (Wildman–Crippen MR) is 146 cm³/mol. The molecule has 2 aromatic heterocycles. The van der Waals surface area contributed by atoms with Gasteiger partial charge in [-0.05, 0) is 43.7 Å². The summed E-state index contributed by atoms with van der Waals surface area (Å²) in [5.41, 5.74) is 1.48. The summed E-state index contributed by atoms with van der Waals surface area (Å²) in [7, 11) is 1.20. The number of rotatable bonds is 10. The molecule has 2 heterocycles. The molecule has 14 nitrogen and oxygen atoms in total. The number of benzene rings is 1. The lowest BCUT2D eigenvalue weighted by Crippen LogP contribution is -2.41. The Morgan fingerprint density at radius 2 is 1.67 bits per heavy atom. The van der Waals surface area contributed by atoms with Crippen LogP contribution in [0.4, 0.5) is 38.4 Å². The third kappa shape index (κ3) is 8.66. The maximum absolute atomic E-state index is 13.1. The van der Waals surface area contributed by atoms with E-state index in [1.165, 1.54) is 20.2 Å². The monoisotopic (exact) mass is 535 g/mol. The number of amides is 5. The number of pyridine rings is 1. The molecule has 3 rings (SSSR count). The minimum absolute atomic E-state index is 0.00361. The van der Waals surface area contributed by atoms with E-state index in [1.54, 1.807) is 48.8 Å². The fraction of sp³-hybridized carbons (Fsp3) is 0.240. The van der Waals surface area contributed by atoms with E-state index in [2.05, 4.69) is 51.6 Å². The fourth-order valence-electron chi connectivity index (χ4n) is 3.11. The number of nitrogens with zero attached hydrogens (tertiary/aromatic N) is 3. The molecule has 1 aromatic carbocycles. The lowest BCUT2D eigenvalue weighted by atomic mass is 10.2. The second-order valence-corrected chi connectivity index (χ2v) is 8.08. The number of nitrogens with one attached hydrogen (secondary N) is 6. The van der Waals surface area contributed by atoms with Crippen LogP contribution in [-0.4, -0.2) is 58.6 Å². The van der Waals surface area contributed by atoms with Crippen molar-refractivity contribution in [2.75, 3.05) is 40.2 Å². The van der Waals surface area contributed by atoms with Crippen LogP contribution >= 0.6 is 0 Å². The molecule has 1 atom stereocenters. The third-order valence-electron chi connectivity index (χ3n) is 5.04. The highest BCUT2D eigenvalue weighted by Crippen LogP contribution is 2.20. The molecule has 0 saturated heterocycles. The van der Waals surface area contributed by atoms with Crippen molar-refractivity contribution < 1.29 is 23.9 Å². The number of alkyl carbamates (subject to hydrolysis) is 1. The molecule has 0 aliphatic heterocycles. The van der Waals surface area contributed by atoms with Crippen molar-refractivity contribution in [3.63, 3.8) is 0 Å². The average Bonchev–Trinajstić information content (AvgIpc) is 2.92. The Bertz CT molecular complexity index is 1320. The normalized spacial score (nSPS) is 10.9. The number of anilines is 5. The van der Waals surface area contributed by atoms with Crippen molar-refractivity contribution in [2.45, 2.75) is 26.3 Å². The van der Waals surface area contributed by atoms with Gasteiger partial charge < -0.3 is 31.3 Å². The maximum Gasteiger partial charge on any atom is 0.407 e. The van der Waals surface area contributed by atoms with Crippen molar-refractivity contribution in [3.8, 4) is 0 Å². The molecule has 1 unspecified atom stereocenters. The molecular formula is C25H29N9O5. The lowest BCUT2D eigenvalue weighted by Gasteiger charge is -2.15. The SMILES string of the molecule is CCCNc1nc(NC(=O)Nc2ccncc2)ncc1C(=O)Nc1cccc(NC(=O)C(C)NC(=O)OC)c1. The molecule has 0 spiro atoms. The van der Waals surface area contributed by atoms with Crippen molar-refractivity contribution in [1.82, 2.24) is 20.3 Å². The van der Waals surface area contributed by atoms with Crippen LogP contribution in [0.15, 0.2) is 55.0 Å². The molecular weight excluding hydrogens is 506 g/mol. The lowest BCUT2D eigenvalue weighted by molar-refractivity contribution is -0.117. The third-order valence-corrected chi connectivity index (χ3v) is 5.04. The van der Waals surface area contributed by atoms with E-state index in [-0.39, 0.29) is 17.3 Å². The molecule has 3 aromatic rings. The van der Waals surface area contributed by atoms with Crippen LogP contribution < -0.4 is 31.9 Å². The van der Waals surface area contributed by atoms with E-state index in [1.807, 2.05) is 6.92 Å². The number of carbonyl (C=O) groups is 4. The van der Waals surface area contributed by atoms with E-state index in [0.29, 0.717) is 23.6 Å². The summed E-state index contributed by atoms with van der Waals surface area (Å²) in [6, 6.07) is 8.32. The first-order chi connectivity index (χ1) is 18.8. The zero-order chi connectivity index (χ0) is 28.2. The van der Waals surface area contributed by atoms with Crippen LogP contribution in [0.5, 0.6) is 0 Å². The molecule has 6 N–H and O–H groups in total. The summed E-state index contributed by atoms with van der Waals surface area (Å²) in [4.78, 5) is 61.3. The highest BCUT2D eigenvalue weighted by Gasteiger charge is 2.18. The molecule has 0 radical (unpaired) electrons. The smallest absolute Gasteiger partial charge is 0.407 e. The minimum atomic E-state index is -0.848. The minimum Gasteiger partial charge on any atom is -0.453 e. The number of aromatic nitrogens is 3. The van der Waals surface area contributed by atoms with Gasteiger partial charge in [0, 0.05) is 42.2 Å². The van der Waals surface area contributed by atoms with Crippen LogP contribution in [0.3, 0.4) is 0 Å². The number of urea groups is 1. The van der Waals surface area contributed by atoms with Crippen molar-refractivity contribution in [2.24, 2.45) is 0 Å². The van der Waals surface area contributed by atoms with Crippen molar-refractivity contribution in [3.05, 3.63) is 60.6 Å². The molecule has 0 aliphatic carbocycles. The Hall–Kier alpha value is -5.27. The molecule has 0 aliphatic rings. The number of ether oxygens (including phenoxy) is 1. The zero-order valence-corrected chi connectivity index (χ0v) is 21.6. The Kier molecular flexibility index (Phi) is 10.1. The van der Waals surface area contributed by atoms with Crippen LogP contribution in [0.25, 0.3) is 0 Å². The average molecular weight is 536 g/mol. The first-order valence-corrected chi connectivity index (χ1v) is 11.9. The van der Waals surface area contributed by atoms with E-state index in [4.69, 9.17) is 0 Å². The van der Waals surface area contributed by atoms with Crippen molar-refractivity contribution >= 4 is 52.8 Å². The molecule has 5 amide bonds. The summed E-state index contributed by atoms with van der Waals surface area (Å²) in [6.45, 7) is 3.99. The van der Waals surface area contributed by atoms with Gasteiger partial charge >= 0.3 is 12.1 Å². The zero-order valence-electron chi connectivity index (χ0n) is 21.6. The standard InChI is InChI=1S/C25H29N9O5/c1-4-10-27-20-19(14-28-23(33-20)34-24(37)32-16-8-11-26-12-9-16)22(36)31-18-7-5-6-17(13-18)30-21(35)15(2)29-25(38)39-3/h5-9,11-15H,4,10H2,1-3H3,(H,29,38)(H,30,35)(H,31,36)(H3,26,27,28,32,33,34,37). The number of carbonyl (C=O) groups excluding carboxylic acids is 4. The molecule has 39 heavy (non-hydrogen) atoms. The summed E-state index contributed by atoms with van der Waals surface area (Å²) < 4.78 is 4.49. The Balaban J connectivity index is 1.69. The molecule has 0 saturated carbocycles. The molecule has 0 fully saturated rings. The van der Waals surface area contributed by atoms with Crippen LogP contribution in [0.2, 0.25) is 0 Å². The second-order valence-electron chi connectivity index (χ2n) is 8.08. The van der Waals surface area contributed by atoms with Gasteiger partial charge in [0.25, 0.3) is 5.91 Å². The summed E-state index contributed by atoms with van der Waals surface area (Å²) in [5.74, 6) is -0.753. The van der Waals surface area contributed by atoms with Gasteiger partial charge in [0.05, 0.1) is 7.11 Å². The highest BCUT2D eigenvalue weighted by molar-refractivity contribution is 6.08. The van der Waals surface area contributed by atoms with Gasteiger partial charge in [-0.2, -0.15) is 4.98 Å². The Labute approximate surface area is 224 Å². The quantitative estimate of drug-likeness (QED) is 0.226. The molecule has 204 valence electrons.